The number of aromatic nitrogens is 1. The number of halogens is 1. The van der Waals surface area contributed by atoms with E-state index in [0.717, 1.165) is 22.5 Å². The molecule has 0 spiro atoms. The number of anilines is 2. The first-order chi connectivity index (χ1) is 13.0. The Morgan fingerprint density at radius 3 is 2.52 bits per heavy atom. The largest absolute Gasteiger partial charge is 0.354 e. The van der Waals surface area contributed by atoms with Crippen molar-refractivity contribution in [1.29, 1.82) is 0 Å². The number of hydrogen-bond donors (Lipinski definition) is 2. The summed E-state index contributed by atoms with van der Waals surface area (Å²) < 4.78 is 12.9. The van der Waals surface area contributed by atoms with E-state index in [9.17, 15) is 9.18 Å². The molecule has 1 amide bonds. The topological polar surface area (TPSA) is 54.0 Å². The van der Waals surface area contributed by atoms with Gasteiger partial charge in [0.05, 0.1) is 11.9 Å². The van der Waals surface area contributed by atoms with Crippen molar-refractivity contribution in [3.05, 3.63) is 89.0 Å². The molecule has 1 aromatic heterocycles. The van der Waals surface area contributed by atoms with E-state index >= 15 is 0 Å². The van der Waals surface area contributed by atoms with Crippen LogP contribution in [-0.2, 0) is 6.42 Å². The van der Waals surface area contributed by atoms with E-state index in [0.29, 0.717) is 18.7 Å². The van der Waals surface area contributed by atoms with E-state index in [-0.39, 0.29) is 11.7 Å². The minimum absolute atomic E-state index is 0.226. The molecule has 0 bridgehead atoms. The predicted molar refractivity (Wildman–Crippen MR) is 106 cm³/mol. The van der Waals surface area contributed by atoms with Gasteiger partial charge in [-0.05, 0) is 67.3 Å². The van der Waals surface area contributed by atoms with E-state index in [2.05, 4.69) is 33.8 Å². The molecule has 0 unspecified atom stereocenters. The van der Waals surface area contributed by atoms with Crippen LogP contribution in [0.5, 0.6) is 0 Å². The van der Waals surface area contributed by atoms with Crippen LogP contribution in [0, 0.1) is 19.7 Å². The Morgan fingerprint density at radius 1 is 1.04 bits per heavy atom. The van der Waals surface area contributed by atoms with Gasteiger partial charge in [0, 0.05) is 12.2 Å². The maximum absolute atomic E-state index is 12.9. The number of nitrogens with zero attached hydrogens (tertiary/aromatic N) is 1. The molecule has 0 aliphatic rings. The Balaban J connectivity index is 1.55. The molecule has 0 aliphatic carbocycles. The van der Waals surface area contributed by atoms with E-state index in [4.69, 9.17) is 0 Å². The smallest absolute Gasteiger partial charge is 0.269 e. The van der Waals surface area contributed by atoms with E-state index in [1.807, 2.05) is 19.9 Å². The lowest BCUT2D eigenvalue weighted by atomic mass is 10.1. The van der Waals surface area contributed by atoms with Crippen LogP contribution in [0.2, 0.25) is 0 Å². The zero-order valence-corrected chi connectivity index (χ0v) is 15.4. The molecule has 0 atom stereocenters. The Hall–Kier alpha value is -3.21. The first-order valence-electron chi connectivity index (χ1n) is 8.84. The highest BCUT2D eigenvalue weighted by atomic mass is 19.1. The van der Waals surface area contributed by atoms with Crippen LogP contribution in [0.15, 0.2) is 60.8 Å². The molecule has 0 radical (unpaired) electrons. The number of pyridine rings is 1. The van der Waals surface area contributed by atoms with Gasteiger partial charge in [0.1, 0.15) is 11.5 Å². The molecule has 0 fully saturated rings. The molecule has 3 aromatic rings. The highest BCUT2D eigenvalue weighted by molar-refractivity contribution is 5.92. The number of hydrogen-bond acceptors (Lipinski definition) is 3. The average molecular weight is 363 g/mol. The van der Waals surface area contributed by atoms with E-state index < -0.39 is 0 Å². The summed E-state index contributed by atoms with van der Waals surface area (Å²) in [6, 6.07) is 16.0. The SMILES string of the molecule is Cc1ccc(C)c(Nc2ccc(C(=O)NCCc3ccc(F)cc3)nc2)c1. The van der Waals surface area contributed by atoms with E-state index in [1.165, 1.54) is 17.7 Å². The van der Waals surface area contributed by atoms with Crippen molar-refractivity contribution in [2.45, 2.75) is 20.3 Å². The molecule has 27 heavy (non-hydrogen) atoms. The van der Waals surface area contributed by atoms with Crippen molar-refractivity contribution in [3.63, 3.8) is 0 Å². The third kappa shape index (κ3) is 5.14. The maximum Gasteiger partial charge on any atom is 0.269 e. The predicted octanol–water partition coefficient (Wildman–Crippen LogP) is 4.55. The van der Waals surface area contributed by atoms with Gasteiger partial charge >= 0.3 is 0 Å². The first-order valence-corrected chi connectivity index (χ1v) is 8.84. The van der Waals surface area contributed by atoms with Crippen molar-refractivity contribution in [1.82, 2.24) is 10.3 Å². The number of amides is 1. The maximum atomic E-state index is 12.9. The number of carbonyl (C=O) groups is 1. The summed E-state index contributed by atoms with van der Waals surface area (Å²) in [6.07, 6.45) is 2.29. The minimum atomic E-state index is -0.262. The van der Waals surface area contributed by atoms with Gasteiger partial charge in [-0.1, -0.05) is 24.3 Å². The molecule has 138 valence electrons. The molecule has 0 saturated carbocycles. The van der Waals surface area contributed by atoms with Crippen LogP contribution in [0.1, 0.15) is 27.2 Å². The first kappa shape index (κ1) is 18.6. The van der Waals surface area contributed by atoms with E-state index in [1.54, 1.807) is 24.4 Å². The third-order valence-electron chi connectivity index (χ3n) is 4.28. The summed E-state index contributed by atoms with van der Waals surface area (Å²) >= 11 is 0. The second-order valence-electron chi connectivity index (χ2n) is 6.51. The van der Waals surface area contributed by atoms with Gasteiger partial charge < -0.3 is 10.6 Å². The zero-order chi connectivity index (χ0) is 19.2. The molecule has 4 nitrogen and oxygen atoms in total. The molecule has 0 aliphatic heterocycles. The molecule has 2 N–H and O–H groups in total. The summed E-state index contributed by atoms with van der Waals surface area (Å²) in [6.45, 7) is 4.55. The average Bonchev–Trinajstić information content (AvgIpc) is 2.67. The standard InChI is InChI=1S/C22H22FN3O/c1-15-3-4-16(2)21(13-15)26-19-9-10-20(25-14-19)22(27)24-12-11-17-5-7-18(23)8-6-17/h3-10,13-14,26H,11-12H2,1-2H3,(H,24,27). The molecule has 0 saturated heterocycles. The fraction of sp³-hybridized carbons (Fsp3) is 0.182. The lowest BCUT2D eigenvalue weighted by Crippen LogP contribution is -2.26. The normalized spacial score (nSPS) is 10.5. The minimum Gasteiger partial charge on any atom is -0.354 e. The van der Waals surface area contributed by atoms with Gasteiger partial charge in [-0.3, -0.25) is 4.79 Å². The summed E-state index contributed by atoms with van der Waals surface area (Å²) in [5.41, 5.74) is 5.50. The Kier molecular flexibility index (Phi) is 5.81. The zero-order valence-electron chi connectivity index (χ0n) is 15.4. The number of carbonyl (C=O) groups excluding carboxylic acids is 1. The number of nitrogens with one attached hydrogen (secondary N) is 2. The molecule has 1 heterocycles. The Morgan fingerprint density at radius 2 is 1.81 bits per heavy atom. The summed E-state index contributed by atoms with van der Waals surface area (Å²) in [5, 5.41) is 6.16. The lowest BCUT2D eigenvalue weighted by molar-refractivity contribution is 0.0949. The van der Waals surface area contributed by atoms with Crippen LogP contribution in [0.3, 0.4) is 0 Å². The molecule has 2 aromatic carbocycles. The monoisotopic (exact) mass is 363 g/mol. The molecular weight excluding hydrogens is 341 g/mol. The second kappa shape index (κ2) is 8.45. The van der Waals surface area contributed by atoms with Gasteiger partial charge in [0.2, 0.25) is 0 Å². The Bertz CT molecular complexity index is 921. The van der Waals surface area contributed by atoms with Crippen LogP contribution in [0.25, 0.3) is 0 Å². The molecule has 5 heteroatoms. The van der Waals surface area contributed by atoms with Crippen LogP contribution >= 0.6 is 0 Å². The summed E-state index contributed by atoms with van der Waals surface area (Å²) in [4.78, 5) is 16.4. The quantitative estimate of drug-likeness (QED) is 0.675. The number of benzene rings is 2. The Labute approximate surface area is 158 Å². The van der Waals surface area contributed by atoms with Crippen LogP contribution in [-0.4, -0.2) is 17.4 Å². The summed E-state index contributed by atoms with van der Waals surface area (Å²) in [5.74, 6) is -0.489. The van der Waals surface area contributed by atoms with Gasteiger partial charge in [-0.15, -0.1) is 0 Å². The van der Waals surface area contributed by atoms with Crippen molar-refractivity contribution in [3.8, 4) is 0 Å². The summed E-state index contributed by atoms with van der Waals surface area (Å²) in [7, 11) is 0. The van der Waals surface area contributed by atoms with Gasteiger partial charge in [0.25, 0.3) is 5.91 Å². The highest BCUT2D eigenvalue weighted by Gasteiger charge is 2.07. The number of aryl methyl sites for hydroxylation is 2. The van der Waals surface area contributed by atoms with Gasteiger partial charge in [-0.2, -0.15) is 0 Å². The lowest BCUT2D eigenvalue weighted by Gasteiger charge is -2.11. The fourth-order valence-corrected chi connectivity index (χ4v) is 2.69. The van der Waals surface area contributed by atoms with Gasteiger partial charge in [-0.25, -0.2) is 9.37 Å². The highest BCUT2D eigenvalue weighted by Crippen LogP contribution is 2.21. The second-order valence-corrected chi connectivity index (χ2v) is 6.51. The molecule has 3 rings (SSSR count). The fourth-order valence-electron chi connectivity index (χ4n) is 2.69. The molecular formula is C22H22FN3O. The van der Waals surface area contributed by atoms with Crippen molar-refractivity contribution in [2.24, 2.45) is 0 Å². The van der Waals surface area contributed by atoms with Crippen molar-refractivity contribution >= 4 is 17.3 Å². The van der Waals surface area contributed by atoms with Crippen molar-refractivity contribution < 1.29 is 9.18 Å². The third-order valence-corrected chi connectivity index (χ3v) is 4.28. The van der Waals surface area contributed by atoms with Crippen LogP contribution < -0.4 is 10.6 Å². The van der Waals surface area contributed by atoms with Crippen LogP contribution in [0.4, 0.5) is 15.8 Å². The number of rotatable bonds is 6. The van der Waals surface area contributed by atoms with Gasteiger partial charge in [0.15, 0.2) is 0 Å². The van der Waals surface area contributed by atoms with Crippen molar-refractivity contribution in [2.75, 3.05) is 11.9 Å².